The van der Waals surface area contributed by atoms with Crippen LogP contribution in [0.15, 0.2) is 58.4 Å². The third-order valence-corrected chi connectivity index (χ3v) is 6.99. The summed E-state index contributed by atoms with van der Waals surface area (Å²) in [6.45, 7) is 3.78. The minimum Gasteiger partial charge on any atom is -0.504 e. The van der Waals surface area contributed by atoms with E-state index in [4.69, 9.17) is 15.2 Å². The summed E-state index contributed by atoms with van der Waals surface area (Å²) >= 11 is 0. The summed E-state index contributed by atoms with van der Waals surface area (Å²) in [5.74, 6) is -5.04. The van der Waals surface area contributed by atoms with E-state index in [2.05, 4.69) is 6.92 Å². The lowest BCUT2D eigenvalue weighted by atomic mass is 9.76. The average Bonchev–Trinajstić information content (AvgIpc) is 2.92. The van der Waals surface area contributed by atoms with Crippen molar-refractivity contribution in [3.05, 3.63) is 74.1 Å². The number of nitro benzene ring substituents is 1. The van der Waals surface area contributed by atoms with Crippen molar-refractivity contribution in [2.45, 2.75) is 84.0 Å². The smallest absolute Gasteiger partial charge is 0.340 e. The number of allylic oxidation sites excluding steroid dienone is 2. The lowest BCUT2D eigenvalue weighted by molar-refractivity contribution is -0.384. The summed E-state index contributed by atoms with van der Waals surface area (Å²) in [4.78, 5) is 50.2. The van der Waals surface area contributed by atoms with Crippen LogP contribution in [-0.4, -0.2) is 34.2 Å². The Morgan fingerprint density at radius 3 is 2.15 bits per heavy atom. The fraction of sp³-hybridized carbons (Fsp3) is 0.483. The van der Waals surface area contributed by atoms with Crippen molar-refractivity contribution in [3.8, 4) is 0 Å². The summed E-state index contributed by atoms with van der Waals surface area (Å²) in [5, 5.41) is 21.9. The zero-order chi connectivity index (χ0) is 28.5. The van der Waals surface area contributed by atoms with Crippen molar-refractivity contribution in [1.29, 1.82) is 0 Å². The number of benzene rings is 1. The monoisotopic (exact) mass is 540 g/mol. The molecule has 1 aromatic rings. The molecule has 3 rings (SSSR count). The zero-order valence-electron chi connectivity index (χ0n) is 22.5. The first-order valence-corrected chi connectivity index (χ1v) is 13.6. The van der Waals surface area contributed by atoms with Gasteiger partial charge in [0.2, 0.25) is 17.4 Å². The predicted molar refractivity (Wildman–Crippen MR) is 143 cm³/mol. The number of aliphatic hydroxyl groups excluding tert-OH is 1. The Hall–Kier alpha value is -3.95. The maximum atomic E-state index is 13.4. The Bertz CT molecular complexity index is 1210. The number of ketones is 2. The lowest BCUT2D eigenvalue weighted by Crippen LogP contribution is -2.36. The van der Waals surface area contributed by atoms with Gasteiger partial charge in [0.25, 0.3) is 5.69 Å². The number of unbranched alkanes of at least 4 members (excludes halogenated alkanes) is 8. The molecule has 1 aliphatic heterocycles. The van der Waals surface area contributed by atoms with Crippen LogP contribution >= 0.6 is 0 Å². The number of aliphatic hydroxyl groups is 1. The number of Topliss-reactive ketones (excluding diaryl/α,β-unsaturated/α-hetero) is 2. The van der Waals surface area contributed by atoms with Crippen LogP contribution in [0.3, 0.4) is 0 Å². The SMILES string of the molecule is CCCCCCCCCCCC1=C(O)C(=O)C2=C(OC(N)=C(C(=O)OCC)C2c2ccc([N+](=O)[O-])cc2)C1=O. The highest BCUT2D eigenvalue weighted by Gasteiger charge is 2.47. The molecule has 0 spiro atoms. The molecule has 0 aromatic heterocycles. The Morgan fingerprint density at radius 1 is 1.00 bits per heavy atom. The molecule has 1 aromatic carbocycles. The summed E-state index contributed by atoms with van der Waals surface area (Å²) in [5.41, 5.74) is 5.64. The van der Waals surface area contributed by atoms with Crippen molar-refractivity contribution >= 4 is 23.2 Å². The highest BCUT2D eigenvalue weighted by Crippen LogP contribution is 2.44. The van der Waals surface area contributed by atoms with Crippen molar-refractivity contribution in [3.63, 3.8) is 0 Å². The molecule has 0 bridgehead atoms. The van der Waals surface area contributed by atoms with E-state index in [0.29, 0.717) is 6.42 Å². The maximum Gasteiger partial charge on any atom is 0.340 e. The van der Waals surface area contributed by atoms with Crippen LogP contribution in [0.25, 0.3) is 0 Å². The molecule has 1 atom stereocenters. The van der Waals surface area contributed by atoms with E-state index in [-0.39, 0.29) is 46.8 Å². The summed E-state index contributed by atoms with van der Waals surface area (Å²) < 4.78 is 10.7. The number of esters is 1. The van der Waals surface area contributed by atoms with Crippen molar-refractivity contribution < 1.29 is 33.9 Å². The van der Waals surface area contributed by atoms with Gasteiger partial charge in [-0.25, -0.2) is 4.79 Å². The molecule has 39 heavy (non-hydrogen) atoms. The first-order valence-electron chi connectivity index (χ1n) is 13.6. The van der Waals surface area contributed by atoms with Crippen LogP contribution in [0.4, 0.5) is 5.69 Å². The van der Waals surface area contributed by atoms with E-state index in [9.17, 15) is 29.6 Å². The molecule has 1 heterocycles. The first kappa shape index (κ1) is 29.6. The van der Waals surface area contributed by atoms with Crippen molar-refractivity contribution in [1.82, 2.24) is 0 Å². The Labute approximate surface area is 227 Å². The second-order valence-electron chi connectivity index (χ2n) is 9.69. The van der Waals surface area contributed by atoms with Crippen molar-refractivity contribution in [2.75, 3.05) is 6.61 Å². The Balaban J connectivity index is 1.84. The first-order chi connectivity index (χ1) is 18.7. The third kappa shape index (κ3) is 6.74. The number of non-ortho nitro benzene ring substituents is 1. The number of ether oxygens (including phenoxy) is 2. The minimum absolute atomic E-state index is 0.00934. The fourth-order valence-corrected chi connectivity index (χ4v) is 4.94. The molecule has 0 saturated heterocycles. The van der Waals surface area contributed by atoms with Gasteiger partial charge < -0.3 is 20.3 Å². The Morgan fingerprint density at radius 2 is 1.59 bits per heavy atom. The second-order valence-corrected chi connectivity index (χ2v) is 9.69. The zero-order valence-corrected chi connectivity index (χ0v) is 22.5. The summed E-state index contributed by atoms with van der Waals surface area (Å²) in [7, 11) is 0. The summed E-state index contributed by atoms with van der Waals surface area (Å²) in [6.07, 6.45) is 9.80. The van der Waals surface area contributed by atoms with E-state index >= 15 is 0 Å². The molecular weight excluding hydrogens is 504 g/mol. The summed E-state index contributed by atoms with van der Waals surface area (Å²) in [6, 6.07) is 5.15. The van der Waals surface area contributed by atoms with E-state index in [1.54, 1.807) is 6.92 Å². The number of carbonyl (C=O) groups excluding carboxylic acids is 3. The highest BCUT2D eigenvalue weighted by atomic mass is 16.6. The molecule has 0 saturated carbocycles. The quantitative estimate of drug-likeness (QED) is 0.101. The molecule has 210 valence electrons. The maximum absolute atomic E-state index is 13.4. The van der Waals surface area contributed by atoms with Gasteiger partial charge in [-0.05, 0) is 25.3 Å². The van der Waals surface area contributed by atoms with Gasteiger partial charge >= 0.3 is 5.97 Å². The molecule has 10 nitrogen and oxygen atoms in total. The standard InChI is InChI=1S/C29H36N2O8/c1-3-5-6-7-8-9-10-11-12-13-20-24(32)26(34)22-21(18-14-16-19(17-15-18)31(36)37)23(29(35)38-4-2)28(30)39-27(22)25(20)33/h14-17,21,32H,3-13,30H2,1-2H3. The van der Waals surface area contributed by atoms with Crippen LogP contribution in [0.1, 0.15) is 89.5 Å². The normalized spacial score (nSPS) is 17.3. The van der Waals surface area contributed by atoms with Crippen molar-refractivity contribution in [2.24, 2.45) is 5.73 Å². The predicted octanol–water partition coefficient (Wildman–Crippen LogP) is 5.58. The number of nitrogens with zero attached hydrogens (tertiary/aromatic N) is 1. The minimum atomic E-state index is -1.22. The van der Waals surface area contributed by atoms with Gasteiger partial charge in [0.05, 0.1) is 23.0 Å². The molecule has 10 heteroatoms. The highest BCUT2D eigenvalue weighted by molar-refractivity contribution is 6.25. The van der Waals surface area contributed by atoms with E-state index in [1.807, 2.05) is 0 Å². The largest absolute Gasteiger partial charge is 0.504 e. The molecular formula is C29H36N2O8. The third-order valence-electron chi connectivity index (χ3n) is 6.99. The molecule has 3 N–H and O–H groups in total. The average molecular weight is 541 g/mol. The molecule has 0 radical (unpaired) electrons. The number of hydrogen-bond donors (Lipinski definition) is 2. The van der Waals surface area contributed by atoms with E-state index in [1.165, 1.54) is 49.9 Å². The van der Waals surface area contributed by atoms with Crippen LogP contribution < -0.4 is 5.73 Å². The Kier molecular flexibility index (Phi) is 10.4. The molecule has 0 fully saturated rings. The van der Waals surface area contributed by atoms with Gasteiger partial charge in [-0.2, -0.15) is 0 Å². The van der Waals surface area contributed by atoms with Crippen LogP contribution in [0.2, 0.25) is 0 Å². The van der Waals surface area contributed by atoms with Gasteiger partial charge in [-0.15, -0.1) is 0 Å². The lowest BCUT2D eigenvalue weighted by Gasteiger charge is -2.32. The number of nitro groups is 1. The van der Waals surface area contributed by atoms with Gasteiger partial charge in [-0.1, -0.05) is 70.4 Å². The van der Waals surface area contributed by atoms with E-state index in [0.717, 1.165) is 25.7 Å². The van der Waals surface area contributed by atoms with Gasteiger partial charge in [0, 0.05) is 17.7 Å². The van der Waals surface area contributed by atoms with E-state index < -0.39 is 40.0 Å². The van der Waals surface area contributed by atoms with Crippen LogP contribution in [-0.2, 0) is 23.9 Å². The second kappa shape index (κ2) is 13.7. The van der Waals surface area contributed by atoms with Gasteiger partial charge in [0.15, 0.2) is 11.5 Å². The number of carbonyl (C=O) groups is 3. The van der Waals surface area contributed by atoms with Gasteiger partial charge in [0.1, 0.15) is 5.57 Å². The molecule has 1 unspecified atom stereocenters. The molecule has 1 aliphatic carbocycles. The molecule has 2 aliphatic rings. The van der Waals surface area contributed by atoms with Gasteiger partial charge in [-0.3, -0.25) is 19.7 Å². The molecule has 0 amide bonds. The number of hydrogen-bond acceptors (Lipinski definition) is 9. The van der Waals surface area contributed by atoms with Crippen LogP contribution in [0, 0.1) is 10.1 Å². The van der Waals surface area contributed by atoms with Crippen LogP contribution in [0.5, 0.6) is 0 Å². The fourth-order valence-electron chi connectivity index (χ4n) is 4.94. The number of rotatable bonds is 14. The number of nitrogens with two attached hydrogens (primary N) is 1. The topological polar surface area (TPSA) is 159 Å².